The van der Waals surface area contributed by atoms with E-state index in [1.807, 2.05) is 0 Å². The van der Waals surface area contributed by atoms with Crippen molar-refractivity contribution in [3.05, 3.63) is 16.0 Å². The van der Waals surface area contributed by atoms with Gasteiger partial charge in [-0.15, -0.1) is 11.3 Å². The highest BCUT2D eigenvalue weighted by atomic mass is 32.1. The van der Waals surface area contributed by atoms with Crippen LogP contribution in [-0.4, -0.2) is 42.5 Å². The third-order valence-electron chi connectivity index (χ3n) is 5.05. The van der Waals surface area contributed by atoms with Gasteiger partial charge in [-0.05, 0) is 57.2 Å². The molecule has 7 heteroatoms. The molecule has 0 unspecified atom stereocenters. The number of anilines is 1. The Bertz CT molecular complexity index is 628. The third-order valence-corrected chi connectivity index (χ3v) is 6.26. The molecular formula is C17H26N4O2S. The zero-order valence-corrected chi connectivity index (χ0v) is 15.0. The van der Waals surface area contributed by atoms with Crippen molar-refractivity contribution in [2.75, 3.05) is 25.0 Å². The van der Waals surface area contributed by atoms with Crippen LogP contribution in [0.5, 0.6) is 0 Å². The molecule has 2 heterocycles. The molecular weight excluding hydrogens is 324 g/mol. The van der Waals surface area contributed by atoms with E-state index < -0.39 is 5.91 Å². The maximum absolute atomic E-state index is 12.3. The molecule has 1 aromatic heterocycles. The Balaban J connectivity index is 1.64. The largest absolute Gasteiger partial charge is 0.365 e. The molecule has 1 saturated heterocycles. The van der Waals surface area contributed by atoms with E-state index in [1.54, 1.807) is 0 Å². The van der Waals surface area contributed by atoms with Gasteiger partial charge in [-0.25, -0.2) is 4.79 Å². The molecule has 3 rings (SSSR count). The average Bonchev–Trinajstić information content (AvgIpc) is 3.16. The first-order valence-electron chi connectivity index (χ1n) is 8.83. The summed E-state index contributed by atoms with van der Waals surface area (Å²) in [4.78, 5) is 27.7. The number of nitrogens with two attached hydrogens (primary N) is 1. The topological polar surface area (TPSA) is 87.5 Å². The quantitative estimate of drug-likeness (QED) is 0.761. The fourth-order valence-corrected chi connectivity index (χ4v) is 5.10. The van der Waals surface area contributed by atoms with Crippen LogP contribution in [0.4, 0.5) is 9.80 Å². The molecule has 0 spiro atoms. The van der Waals surface area contributed by atoms with Crippen LogP contribution in [0.2, 0.25) is 0 Å². The van der Waals surface area contributed by atoms with E-state index in [9.17, 15) is 9.59 Å². The number of hydrogen-bond acceptors (Lipinski definition) is 4. The van der Waals surface area contributed by atoms with Gasteiger partial charge in [-0.1, -0.05) is 6.92 Å². The maximum Gasteiger partial charge on any atom is 0.319 e. The molecule has 1 aliphatic carbocycles. The van der Waals surface area contributed by atoms with Gasteiger partial charge in [0.15, 0.2) is 0 Å². The summed E-state index contributed by atoms with van der Waals surface area (Å²) in [5, 5.41) is 6.40. The molecule has 0 bridgehead atoms. The number of amides is 3. The van der Waals surface area contributed by atoms with Gasteiger partial charge in [0.2, 0.25) is 0 Å². The van der Waals surface area contributed by atoms with Gasteiger partial charge < -0.3 is 11.1 Å². The first kappa shape index (κ1) is 17.2. The minimum atomic E-state index is -0.447. The van der Waals surface area contributed by atoms with Crippen molar-refractivity contribution in [1.82, 2.24) is 10.2 Å². The lowest BCUT2D eigenvalue weighted by molar-refractivity contribution is 0.100. The molecule has 1 aliphatic heterocycles. The van der Waals surface area contributed by atoms with Crippen molar-refractivity contribution in [3.63, 3.8) is 0 Å². The summed E-state index contributed by atoms with van der Waals surface area (Å²) >= 11 is 1.50. The van der Waals surface area contributed by atoms with Gasteiger partial charge in [-0.2, -0.15) is 0 Å². The van der Waals surface area contributed by atoms with Crippen molar-refractivity contribution in [1.29, 1.82) is 0 Å². The number of primary amides is 1. The summed E-state index contributed by atoms with van der Waals surface area (Å²) in [6.07, 6.45) is 6.35. The van der Waals surface area contributed by atoms with E-state index in [4.69, 9.17) is 5.73 Å². The number of hydrogen-bond donors (Lipinski definition) is 3. The van der Waals surface area contributed by atoms with Crippen LogP contribution >= 0.6 is 11.3 Å². The number of nitrogens with one attached hydrogen (secondary N) is 2. The third kappa shape index (κ3) is 3.57. The van der Waals surface area contributed by atoms with Crippen molar-refractivity contribution in [3.8, 4) is 0 Å². The van der Waals surface area contributed by atoms with Crippen LogP contribution in [0, 0.1) is 0 Å². The van der Waals surface area contributed by atoms with Crippen LogP contribution in [0.1, 0.15) is 53.4 Å². The summed E-state index contributed by atoms with van der Waals surface area (Å²) < 4.78 is 0. The van der Waals surface area contributed by atoms with Crippen LogP contribution in [-0.2, 0) is 12.8 Å². The van der Waals surface area contributed by atoms with E-state index in [-0.39, 0.29) is 6.03 Å². The Hall–Kier alpha value is -1.60. The smallest absolute Gasteiger partial charge is 0.319 e. The van der Waals surface area contributed by atoms with Crippen molar-refractivity contribution < 1.29 is 9.59 Å². The summed E-state index contributed by atoms with van der Waals surface area (Å²) in [5.74, 6) is -0.447. The Morgan fingerprint density at radius 3 is 2.83 bits per heavy atom. The zero-order chi connectivity index (χ0) is 17.1. The number of urea groups is 1. The molecule has 0 radical (unpaired) electrons. The van der Waals surface area contributed by atoms with E-state index >= 15 is 0 Å². The normalized spacial score (nSPS) is 20.6. The number of nitrogens with zero attached hydrogens (tertiary/aromatic N) is 1. The number of fused-ring (bicyclic) bond motifs is 1. The summed E-state index contributed by atoms with van der Waals surface area (Å²) in [7, 11) is 0. The molecule has 4 N–H and O–H groups in total. The van der Waals surface area contributed by atoms with Gasteiger partial charge in [0, 0.05) is 17.5 Å². The van der Waals surface area contributed by atoms with E-state index in [0.29, 0.717) is 23.2 Å². The SMILES string of the molecule is CCN1CCC[C@H]1CNC(=O)Nc1sc2c(c1C(N)=O)CCCC2. The predicted octanol–water partition coefficient (Wildman–Crippen LogP) is 2.33. The molecule has 24 heavy (non-hydrogen) atoms. The highest BCUT2D eigenvalue weighted by Crippen LogP contribution is 2.37. The van der Waals surface area contributed by atoms with Gasteiger partial charge >= 0.3 is 6.03 Å². The van der Waals surface area contributed by atoms with E-state index in [1.165, 1.54) is 22.6 Å². The van der Waals surface area contributed by atoms with Crippen LogP contribution < -0.4 is 16.4 Å². The Labute approximate surface area is 146 Å². The summed E-state index contributed by atoms with van der Waals surface area (Å²) in [5.41, 5.74) is 7.12. The lowest BCUT2D eigenvalue weighted by atomic mass is 9.95. The van der Waals surface area contributed by atoms with Gasteiger partial charge in [0.25, 0.3) is 5.91 Å². The molecule has 132 valence electrons. The molecule has 0 saturated carbocycles. The highest BCUT2D eigenvalue weighted by molar-refractivity contribution is 7.17. The second-order valence-corrected chi connectivity index (χ2v) is 7.64. The van der Waals surface area contributed by atoms with E-state index in [2.05, 4.69) is 22.5 Å². The number of likely N-dealkylation sites (N-methyl/N-ethyl adjacent to an activating group) is 1. The molecule has 2 aliphatic rings. The van der Waals surface area contributed by atoms with Crippen LogP contribution in [0.25, 0.3) is 0 Å². The highest BCUT2D eigenvalue weighted by Gasteiger charge is 2.26. The number of likely N-dealkylation sites (tertiary alicyclic amines) is 1. The Morgan fingerprint density at radius 2 is 2.08 bits per heavy atom. The van der Waals surface area contributed by atoms with Gasteiger partial charge in [0.1, 0.15) is 5.00 Å². The zero-order valence-electron chi connectivity index (χ0n) is 14.2. The lowest BCUT2D eigenvalue weighted by Gasteiger charge is -2.22. The molecule has 3 amide bonds. The average molecular weight is 350 g/mol. The fraction of sp³-hybridized carbons (Fsp3) is 0.647. The predicted molar refractivity (Wildman–Crippen MR) is 96.8 cm³/mol. The first-order valence-corrected chi connectivity index (χ1v) is 9.65. The second kappa shape index (κ2) is 7.53. The molecule has 1 fully saturated rings. The number of thiophene rings is 1. The monoisotopic (exact) mass is 350 g/mol. The van der Waals surface area contributed by atoms with Crippen LogP contribution in [0.3, 0.4) is 0 Å². The Kier molecular flexibility index (Phi) is 5.40. The van der Waals surface area contributed by atoms with Crippen molar-refractivity contribution in [2.24, 2.45) is 5.73 Å². The van der Waals surface area contributed by atoms with Crippen LogP contribution in [0.15, 0.2) is 0 Å². The van der Waals surface area contributed by atoms with Crippen molar-refractivity contribution >= 4 is 28.3 Å². The standard InChI is InChI=1S/C17H26N4O2S/c1-2-21-9-5-6-11(21)10-19-17(23)20-16-14(15(18)22)12-7-3-4-8-13(12)24-16/h11H,2-10H2,1H3,(H2,18,22)(H2,19,20,23)/t11-/m0/s1. The second-order valence-electron chi connectivity index (χ2n) is 6.54. The van der Waals surface area contributed by atoms with Gasteiger partial charge in [0.05, 0.1) is 5.56 Å². The van der Waals surface area contributed by atoms with Crippen molar-refractivity contribution in [2.45, 2.75) is 51.5 Å². The summed E-state index contributed by atoms with van der Waals surface area (Å²) in [6.45, 7) is 4.90. The molecule has 1 atom stereocenters. The number of carbonyl (C=O) groups is 2. The fourth-order valence-electron chi connectivity index (χ4n) is 3.82. The van der Waals surface area contributed by atoms with E-state index in [0.717, 1.165) is 50.8 Å². The number of rotatable bonds is 5. The Morgan fingerprint density at radius 1 is 1.29 bits per heavy atom. The lowest BCUT2D eigenvalue weighted by Crippen LogP contribution is -2.41. The maximum atomic E-state index is 12.3. The molecule has 6 nitrogen and oxygen atoms in total. The molecule has 1 aromatic rings. The minimum Gasteiger partial charge on any atom is -0.365 e. The number of aryl methyl sites for hydroxylation is 1. The van der Waals surface area contributed by atoms with Gasteiger partial charge in [-0.3, -0.25) is 15.0 Å². The number of carbonyl (C=O) groups excluding carboxylic acids is 2. The summed E-state index contributed by atoms with van der Waals surface area (Å²) in [6, 6.07) is 0.159. The molecule has 0 aromatic carbocycles. The first-order chi connectivity index (χ1) is 11.6. The minimum absolute atomic E-state index is 0.251.